The number of para-hydroxylation sites is 2. The third kappa shape index (κ3) is 6.25. The first-order chi connectivity index (χ1) is 32.5. The Morgan fingerprint density at radius 3 is 1.55 bits per heavy atom. The highest BCUT2D eigenvalue weighted by Crippen LogP contribution is 2.51. The van der Waals surface area contributed by atoms with Gasteiger partial charge in [0.1, 0.15) is 0 Å². The lowest BCUT2D eigenvalue weighted by Gasteiger charge is -2.37. The van der Waals surface area contributed by atoms with Gasteiger partial charge >= 0.3 is 0 Å². The second-order valence-electron chi connectivity index (χ2n) is 18.1. The van der Waals surface area contributed by atoms with Gasteiger partial charge in [0.2, 0.25) is 0 Å². The largest absolute Gasteiger partial charge is 0.310 e. The second kappa shape index (κ2) is 15.8. The molecule has 2 nitrogen and oxygen atoms in total. The third-order valence-corrected chi connectivity index (χ3v) is 14.1. The van der Waals surface area contributed by atoms with Gasteiger partial charge in [0.25, 0.3) is 0 Å². The minimum Gasteiger partial charge on any atom is -0.310 e. The van der Waals surface area contributed by atoms with Crippen molar-refractivity contribution in [2.45, 2.75) is 24.7 Å². The van der Waals surface area contributed by atoms with Crippen LogP contribution in [0, 0.1) is 0 Å². The van der Waals surface area contributed by atoms with Gasteiger partial charge in [-0.3, -0.25) is 0 Å². The van der Waals surface area contributed by atoms with Crippen LogP contribution in [0.3, 0.4) is 0 Å². The fourth-order valence-corrected chi connectivity index (χ4v) is 11.0. The Kier molecular flexibility index (Phi) is 9.43. The van der Waals surface area contributed by atoms with Gasteiger partial charge in [-0.25, -0.2) is 0 Å². The number of fused-ring (bicyclic) bond motifs is 6. The van der Waals surface area contributed by atoms with Gasteiger partial charge in [-0.2, -0.15) is 0 Å². The Labute approximate surface area is 387 Å². The molecule has 0 spiro atoms. The molecule has 0 fully saturated rings. The fourth-order valence-electron chi connectivity index (χ4n) is 11.0. The molecule has 0 saturated heterocycles. The number of aromatic nitrogens is 1. The van der Waals surface area contributed by atoms with Crippen molar-refractivity contribution in [2.75, 3.05) is 4.90 Å². The molecule has 0 atom stereocenters. The summed E-state index contributed by atoms with van der Waals surface area (Å²) >= 11 is 0. The molecule has 2 heteroatoms. The molecule has 1 heterocycles. The summed E-state index contributed by atoms with van der Waals surface area (Å²) in [5.74, 6) is 0. The minimum absolute atomic E-state index is 0.145. The Morgan fingerprint density at radius 1 is 0.348 bits per heavy atom. The van der Waals surface area contributed by atoms with E-state index in [1.54, 1.807) is 0 Å². The summed E-state index contributed by atoms with van der Waals surface area (Å²) in [6.45, 7) is 4.73. The predicted octanol–water partition coefficient (Wildman–Crippen LogP) is 16.6. The molecule has 1 aliphatic rings. The number of anilines is 3. The molecule has 10 aromatic carbocycles. The SMILES string of the molecule is CC1(C)c2ccccc2-c2ccc(N(c3ccc(C(c4ccccc4)(c4ccccc4)c4ccccc4)cc3)c3cccc(-c4ccc5c(c4)c4ccccc4n5-c4ccccc4)c3)cc21. The van der Waals surface area contributed by atoms with Crippen LogP contribution in [0.2, 0.25) is 0 Å². The molecule has 314 valence electrons. The van der Waals surface area contributed by atoms with E-state index >= 15 is 0 Å². The molecule has 11 aromatic rings. The van der Waals surface area contributed by atoms with Crippen LogP contribution >= 0.6 is 0 Å². The summed E-state index contributed by atoms with van der Waals surface area (Å²) in [4.78, 5) is 2.45. The van der Waals surface area contributed by atoms with E-state index in [1.807, 2.05) is 0 Å². The van der Waals surface area contributed by atoms with Crippen LogP contribution < -0.4 is 4.90 Å². The smallest absolute Gasteiger partial charge is 0.0701 e. The maximum Gasteiger partial charge on any atom is 0.0701 e. The molecular weight excluding hydrogens is 797 g/mol. The summed E-state index contributed by atoms with van der Waals surface area (Å²) in [6, 6.07) is 93.7. The molecule has 66 heavy (non-hydrogen) atoms. The highest BCUT2D eigenvalue weighted by Gasteiger charge is 2.39. The Bertz CT molecular complexity index is 3440. The lowest BCUT2D eigenvalue weighted by molar-refractivity contribution is 0.660. The van der Waals surface area contributed by atoms with Crippen LogP contribution in [-0.2, 0) is 10.8 Å². The van der Waals surface area contributed by atoms with Crippen molar-refractivity contribution in [1.82, 2.24) is 4.57 Å². The van der Waals surface area contributed by atoms with Crippen molar-refractivity contribution in [2.24, 2.45) is 0 Å². The van der Waals surface area contributed by atoms with E-state index in [4.69, 9.17) is 0 Å². The summed E-state index contributed by atoms with van der Waals surface area (Å²) in [5.41, 5.74) is 18.8. The molecule has 1 aliphatic carbocycles. The average Bonchev–Trinajstić information content (AvgIpc) is 3.83. The number of nitrogens with zero attached hydrogens (tertiary/aromatic N) is 2. The summed E-state index contributed by atoms with van der Waals surface area (Å²) in [7, 11) is 0. The topological polar surface area (TPSA) is 8.17 Å². The number of rotatable bonds is 9. The van der Waals surface area contributed by atoms with Gasteiger partial charge in [0.05, 0.1) is 16.4 Å². The molecule has 0 radical (unpaired) electrons. The molecule has 0 amide bonds. The van der Waals surface area contributed by atoms with E-state index in [1.165, 1.54) is 71.9 Å². The standard InChI is InChI=1S/C64H48N2/c1-63(2)59-32-17-15-30-55(59)56-40-39-54(44-60(56)63)65(52-37-35-50(36-38-52)64(47-21-7-3-8-22-47,48-23-9-4-10-24-48)49-25-11-5-12-26-49)53-29-19-20-45(42-53)46-34-41-62-58(43-46)57-31-16-18-33-61(57)66(62)51-27-13-6-14-28-51/h3-44H,1-2H3. The maximum absolute atomic E-state index is 2.45. The van der Waals surface area contributed by atoms with Crippen molar-refractivity contribution < 1.29 is 0 Å². The van der Waals surface area contributed by atoms with Crippen molar-refractivity contribution >= 4 is 38.9 Å². The van der Waals surface area contributed by atoms with Crippen LogP contribution in [0.5, 0.6) is 0 Å². The summed E-state index contributed by atoms with van der Waals surface area (Å²) in [6.07, 6.45) is 0. The number of hydrogen-bond acceptors (Lipinski definition) is 1. The van der Waals surface area contributed by atoms with E-state index < -0.39 is 5.41 Å². The van der Waals surface area contributed by atoms with Gasteiger partial charge in [-0.05, 0) is 122 Å². The molecule has 0 saturated carbocycles. The zero-order valence-corrected chi connectivity index (χ0v) is 37.1. The zero-order valence-electron chi connectivity index (χ0n) is 37.1. The van der Waals surface area contributed by atoms with Gasteiger partial charge < -0.3 is 9.47 Å². The Hall–Kier alpha value is -8.20. The van der Waals surface area contributed by atoms with Crippen molar-refractivity contribution in [3.05, 3.63) is 288 Å². The number of benzene rings is 10. The summed E-state index contributed by atoms with van der Waals surface area (Å²) < 4.78 is 2.38. The van der Waals surface area contributed by atoms with Crippen molar-refractivity contribution in [3.8, 4) is 27.9 Å². The third-order valence-electron chi connectivity index (χ3n) is 14.1. The lowest BCUT2D eigenvalue weighted by Crippen LogP contribution is -2.31. The lowest BCUT2D eigenvalue weighted by atomic mass is 9.65. The highest BCUT2D eigenvalue weighted by atomic mass is 15.1. The Balaban J connectivity index is 1.03. The van der Waals surface area contributed by atoms with Crippen LogP contribution in [0.4, 0.5) is 17.1 Å². The quantitative estimate of drug-likeness (QED) is 0.131. The highest BCUT2D eigenvalue weighted by molar-refractivity contribution is 6.10. The van der Waals surface area contributed by atoms with Crippen LogP contribution in [0.25, 0.3) is 49.7 Å². The molecule has 0 bridgehead atoms. The van der Waals surface area contributed by atoms with E-state index in [0.717, 1.165) is 28.3 Å². The van der Waals surface area contributed by atoms with Crippen LogP contribution in [0.1, 0.15) is 47.2 Å². The monoisotopic (exact) mass is 844 g/mol. The summed E-state index contributed by atoms with van der Waals surface area (Å²) in [5, 5.41) is 2.49. The van der Waals surface area contributed by atoms with Crippen LogP contribution in [0.15, 0.2) is 255 Å². The zero-order chi connectivity index (χ0) is 44.2. The van der Waals surface area contributed by atoms with E-state index in [-0.39, 0.29) is 5.41 Å². The second-order valence-corrected chi connectivity index (χ2v) is 18.1. The van der Waals surface area contributed by atoms with Gasteiger partial charge in [0.15, 0.2) is 0 Å². The number of hydrogen-bond donors (Lipinski definition) is 0. The molecule has 0 N–H and O–H groups in total. The molecular formula is C64H48N2. The van der Waals surface area contributed by atoms with Gasteiger partial charge in [-0.15, -0.1) is 0 Å². The van der Waals surface area contributed by atoms with Gasteiger partial charge in [-0.1, -0.05) is 202 Å². The molecule has 1 aromatic heterocycles. The molecule has 0 aliphatic heterocycles. The van der Waals surface area contributed by atoms with Crippen molar-refractivity contribution in [3.63, 3.8) is 0 Å². The van der Waals surface area contributed by atoms with Gasteiger partial charge in [0, 0.05) is 38.9 Å². The average molecular weight is 845 g/mol. The molecule has 0 unspecified atom stereocenters. The van der Waals surface area contributed by atoms with E-state index in [0.29, 0.717) is 0 Å². The first-order valence-electron chi connectivity index (χ1n) is 23.0. The van der Waals surface area contributed by atoms with Crippen LogP contribution in [-0.4, -0.2) is 4.57 Å². The van der Waals surface area contributed by atoms with E-state index in [9.17, 15) is 0 Å². The first-order valence-corrected chi connectivity index (χ1v) is 23.0. The van der Waals surface area contributed by atoms with Crippen molar-refractivity contribution in [1.29, 1.82) is 0 Å². The normalized spacial score (nSPS) is 12.8. The fraction of sp³-hybridized carbons (Fsp3) is 0.0625. The van der Waals surface area contributed by atoms with E-state index in [2.05, 4.69) is 278 Å². The minimum atomic E-state index is -0.543. The Morgan fingerprint density at radius 2 is 0.864 bits per heavy atom. The molecule has 12 rings (SSSR count). The first kappa shape index (κ1) is 39.4. The maximum atomic E-state index is 2.45. The predicted molar refractivity (Wildman–Crippen MR) is 277 cm³/mol.